The summed E-state index contributed by atoms with van der Waals surface area (Å²) in [5, 5.41) is 2.92. The van der Waals surface area contributed by atoms with Crippen LogP contribution in [0.5, 0.6) is 0 Å². The molecule has 0 radical (unpaired) electrons. The van der Waals surface area contributed by atoms with Gasteiger partial charge in [-0.1, -0.05) is 60.1 Å². The molecule has 9 heteroatoms. The Kier molecular flexibility index (Phi) is 9.53. The summed E-state index contributed by atoms with van der Waals surface area (Å²) in [5.41, 5.74) is 1.62. The van der Waals surface area contributed by atoms with Gasteiger partial charge in [0.15, 0.2) is 0 Å². The smallest absolute Gasteiger partial charge is 0.244 e. The number of carbonyl (C=O) groups excluding carboxylic acids is 2. The van der Waals surface area contributed by atoms with Gasteiger partial charge in [0.25, 0.3) is 0 Å². The van der Waals surface area contributed by atoms with Crippen molar-refractivity contribution in [1.82, 2.24) is 10.2 Å². The number of para-hydroxylation sites is 1. The summed E-state index contributed by atoms with van der Waals surface area (Å²) in [6, 6.07) is 13.8. The van der Waals surface area contributed by atoms with Gasteiger partial charge >= 0.3 is 0 Å². The fourth-order valence-corrected chi connectivity index (χ4v) is 5.00. The van der Waals surface area contributed by atoms with E-state index in [2.05, 4.69) is 21.2 Å². The number of anilines is 1. The number of carbonyl (C=O) groups is 2. The quantitative estimate of drug-likeness (QED) is 0.478. The highest BCUT2D eigenvalue weighted by Crippen LogP contribution is 2.29. The SMILES string of the molecule is CC(C)c1ccccc1N(CC(=O)N(Cc1cccc(Br)c1)[C@@H](C)C(=O)NC(C)(C)C)S(C)(=O)=O. The normalized spacial score (nSPS) is 12.8. The van der Waals surface area contributed by atoms with Crippen LogP contribution in [0.1, 0.15) is 58.6 Å². The second-order valence-corrected chi connectivity index (χ2v) is 12.9. The maximum atomic E-state index is 13.7. The highest BCUT2D eigenvalue weighted by atomic mass is 79.9. The Bertz CT molecular complexity index is 1160. The highest BCUT2D eigenvalue weighted by Gasteiger charge is 2.32. The summed E-state index contributed by atoms with van der Waals surface area (Å²) in [4.78, 5) is 28.1. The van der Waals surface area contributed by atoms with E-state index in [1.54, 1.807) is 19.1 Å². The molecule has 0 spiro atoms. The number of rotatable bonds is 9. The average Bonchev–Trinajstić information content (AvgIpc) is 2.73. The van der Waals surface area contributed by atoms with Crippen LogP contribution in [0, 0.1) is 0 Å². The molecule has 2 amide bonds. The first-order valence-electron chi connectivity index (χ1n) is 11.5. The monoisotopic (exact) mass is 565 g/mol. The molecule has 0 fully saturated rings. The molecule has 192 valence electrons. The zero-order valence-electron chi connectivity index (χ0n) is 21.5. The predicted molar refractivity (Wildman–Crippen MR) is 145 cm³/mol. The third-order valence-corrected chi connectivity index (χ3v) is 7.03. The molecule has 0 aliphatic rings. The van der Waals surface area contributed by atoms with Gasteiger partial charge < -0.3 is 10.2 Å². The summed E-state index contributed by atoms with van der Waals surface area (Å²) in [6.07, 6.45) is 1.09. The Morgan fingerprint density at radius 2 is 1.66 bits per heavy atom. The van der Waals surface area contributed by atoms with E-state index in [-0.39, 0.29) is 18.4 Å². The molecule has 0 unspecified atom stereocenters. The van der Waals surface area contributed by atoms with E-state index < -0.39 is 34.1 Å². The molecule has 1 atom stereocenters. The van der Waals surface area contributed by atoms with Gasteiger partial charge in [0.2, 0.25) is 21.8 Å². The van der Waals surface area contributed by atoms with Crippen molar-refractivity contribution in [2.24, 2.45) is 0 Å². The topological polar surface area (TPSA) is 86.8 Å². The number of halogens is 1. The molecule has 2 rings (SSSR count). The van der Waals surface area contributed by atoms with Crippen molar-refractivity contribution in [2.75, 3.05) is 17.1 Å². The van der Waals surface area contributed by atoms with Crippen molar-refractivity contribution >= 4 is 43.5 Å². The summed E-state index contributed by atoms with van der Waals surface area (Å²) in [5.74, 6) is -0.723. The summed E-state index contributed by atoms with van der Waals surface area (Å²) in [7, 11) is -3.78. The van der Waals surface area contributed by atoms with Crippen LogP contribution in [0.4, 0.5) is 5.69 Å². The van der Waals surface area contributed by atoms with E-state index in [1.165, 1.54) is 4.90 Å². The molecule has 0 heterocycles. The molecule has 0 aliphatic carbocycles. The lowest BCUT2D eigenvalue weighted by Crippen LogP contribution is -2.54. The minimum atomic E-state index is -3.78. The van der Waals surface area contributed by atoms with Crippen molar-refractivity contribution in [3.8, 4) is 0 Å². The Morgan fingerprint density at radius 1 is 1.03 bits per heavy atom. The Balaban J connectivity index is 2.47. The van der Waals surface area contributed by atoms with Gasteiger partial charge in [-0.15, -0.1) is 0 Å². The third kappa shape index (κ3) is 8.35. The molecule has 0 bridgehead atoms. The van der Waals surface area contributed by atoms with E-state index in [0.717, 1.165) is 26.2 Å². The van der Waals surface area contributed by atoms with Crippen LogP contribution >= 0.6 is 15.9 Å². The van der Waals surface area contributed by atoms with E-state index in [1.807, 2.05) is 71.0 Å². The lowest BCUT2D eigenvalue weighted by molar-refractivity contribution is -0.140. The van der Waals surface area contributed by atoms with Crippen molar-refractivity contribution in [2.45, 2.75) is 65.6 Å². The lowest BCUT2D eigenvalue weighted by Gasteiger charge is -2.33. The molecule has 0 aliphatic heterocycles. The van der Waals surface area contributed by atoms with E-state index in [4.69, 9.17) is 0 Å². The minimum Gasteiger partial charge on any atom is -0.350 e. The van der Waals surface area contributed by atoms with Crippen LogP contribution in [-0.4, -0.2) is 49.5 Å². The van der Waals surface area contributed by atoms with E-state index >= 15 is 0 Å². The summed E-state index contributed by atoms with van der Waals surface area (Å²) < 4.78 is 27.6. The highest BCUT2D eigenvalue weighted by molar-refractivity contribution is 9.10. The molecule has 35 heavy (non-hydrogen) atoms. The predicted octanol–water partition coefficient (Wildman–Crippen LogP) is 4.67. The molecule has 0 saturated carbocycles. The molecule has 0 aromatic heterocycles. The van der Waals surface area contributed by atoms with Crippen molar-refractivity contribution in [3.05, 3.63) is 64.1 Å². The first-order chi connectivity index (χ1) is 16.1. The fourth-order valence-electron chi connectivity index (χ4n) is 3.69. The zero-order chi connectivity index (χ0) is 26.6. The molecule has 7 nitrogen and oxygen atoms in total. The average molecular weight is 567 g/mol. The van der Waals surface area contributed by atoms with Crippen LogP contribution < -0.4 is 9.62 Å². The third-order valence-electron chi connectivity index (χ3n) is 5.41. The van der Waals surface area contributed by atoms with Crippen LogP contribution in [0.15, 0.2) is 53.0 Å². The second kappa shape index (κ2) is 11.6. The van der Waals surface area contributed by atoms with Crippen LogP contribution in [0.25, 0.3) is 0 Å². The van der Waals surface area contributed by atoms with Gasteiger partial charge in [0.1, 0.15) is 12.6 Å². The van der Waals surface area contributed by atoms with Gasteiger partial charge in [-0.3, -0.25) is 13.9 Å². The van der Waals surface area contributed by atoms with Crippen LogP contribution in [-0.2, 0) is 26.2 Å². The van der Waals surface area contributed by atoms with Crippen molar-refractivity contribution in [3.63, 3.8) is 0 Å². The second-order valence-electron chi connectivity index (χ2n) is 10.0. The molecule has 2 aromatic rings. The lowest BCUT2D eigenvalue weighted by atomic mass is 10.0. The number of hydrogen-bond donors (Lipinski definition) is 1. The minimum absolute atomic E-state index is 0.0554. The summed E-state index contributed by atoms with van der Waals surface area (Å²) in [6.45, 7) is 10.9. The van der Waals surface area contributed by atoms with Gasteiger partial charge in [0, 0.05) is 16.6 Å². The molecular formula is C26H36BrN3O4S. The van der Waals surface area contributed by atoms with Crippen molar-refractivity contribution in [1.29, 1.82) is 0 Å². The van der Waals surface area contributed by atoms with Crippen molar-refractivity contribution < 1.29 is 18.0 Å². The molecule has 1 N–H and O–H groups in total. The zero-order valence-corrected chi connectivity index (χ0v) is 23.9. The number of nitrogens with zero attached hydrogens (tertiary/aromatic N) is 2. The van der Waals surface area contributed by atoms with Gasteiger partial charge in [-0.05, 0) is 62.9 Å². The Labute approximate surface area is 218 Å². The van der Waals surface area contributed by atoms with Gasteiger partial charge in [-0.2, -0.15) is 0 Å². The van der Waals surface area contributed by atoms with Gasteiger partial charge in [-0.25, -0.2) is 8.42 Å². The Hall–Kier alpha value is -2.39. The molecule has 0 saturated heterocycles. The standard InChI is InChI=1S/C26H36BrN3O4S/c1-18(2)22-13-8-9-14-23(22)30(35(7,33)34)17-24(31)29(16-20-11-10-12-21(27)15-20)19(3)25(32)28-26(4,5)6/h8-15,18-19H,16-17H2,1-7H3,(H,28,32)/t19-/m0/s1. The first kappa shape index (κ1) is 28.8. The molecular weight excluding hydrogens is 530 g/mol. The maximum absolute atomic E-state index is 13.7. The molecule has 2 aromatic carbocycles. The number of benzene rings is 2. The number of nitrogens with one attached hydrogen (secondary N) is 1. The van der Waals surface area contributed by atoms with E-state index in [9.17, 15) is 18.0 Å². The number of hydrogen-bond acceptors (Lipinski definition) is 4. The fraction of sp³-hybridized carbons (Fsp3) is 0.462. The number of sulfonamides is 1. The largest absolute Gasteiger partial charge is 0.350 e. The number of amides is 2. The summed E-state index contributed by atoms with van der Waals surface area (Å²) >= 11 is 3.44. The Morgan fingerprint density at radius 3 is 2.20 bits per heavy atom. The van der Waals surface area contributed by atoms with Crippen LogP contribution in [0.3, 0.4) is 0 Å². The van der Waals surface area contributed by atoms with Gasteiger partial charge in [0.05, 0.1) is 11.9 Å². The van der Waals surface area contributed by atoms with Crippen LogP contribution in [0.2, 0.25) is 0 Å². The van der Waals surface area contributed by atoms with E-state index in [0.29, 0.717) is 5.69 Å². The first-order valence-corrected chi connectivity index (χ1v) is 14.2. The maximum Gasteiger partial charge on any atom is 0.244 e.